The first-order chi connectivity index (χ1) is 7.66. The minimum absolute atomic E-state index is 0.0849. The molecule has 2 heterocycles. The third-order valence-corrected chi connectivity index (χ3v) is 3.30. The van der Waals surface area contributed by atoms with Crippen molar-refractivity contribution in [3.8, 4) is 0 Å². The van der Waals surface area contributed by atoms with Crippen molar-refractivity contribution in [1.29, 1.82) is 0 Å². The van der Waals surface area contributed by atoms with E-state index in [1.165, 1.54) is 12.8 Å². The van der Waals surface area contributed by atoms with Crippen molar-refractivity contribution in [2.75, 3.05) is 6.61 Å². The van der Waals surface area contributed by atoms with Crippen molar-refractivity contribution in [3.05, 3.63) is 23.2 Å². The largest absolute Gasteiger partial charge is 0.466 e. The second-order valence-corrected chi connectivity index (χ2v) is 4.69. The number of hydrogen-bond donors (Lipinski definition) is 1. The van der Waals surface area contributed by atoms with Crippen LogP contribution in [0.2, 0.25) is 0 Å². The summed E-state index contributed by atoms with van der Waals surface area (Å²) in [7, 11) is 0. The van der Waals surface area contributed by atoms with Crippen molar-refractivity contribution in [2.24, 2.45) is 5.73 Å². The Kier molecular flexibility index (Phi) is 3.66. The fraction of sp³-hybridized carbons (Fsp3) is 0.692. The van der Waals surface area contributed by atoms with Crippen LogP contribution in [0.25, 0.3) is 0 Å². The van der Waals surface area contributed by atoms with Crippen molar-refractivity contribution < 1.29 is 9.15 Å². The number of ether oxygens (including phenoxy) is 1. The van der Waals surface area contributed by atoms with E-state index < -0.39 is 0 Å². The van der Waals surface area contributed by atoms with Gasteiger partial charge in [-0.25, -0.2) is 0 Å². The highest BCUT2D eigenvalue weighted by atomic mass is 16.5. The molecule has 3 heteroatoms. The lowest BCUT2D eigenvalue weighted by atomic mass is 10.0. The molecule has 0 aliphatic carbocycles. The predicted octanol–water partition coefficient (Wildman–Crippen LogP) is 2.86. The van der Waals surface area contributed by atoms with Crippen LogP contribution in [0.1, 0.15) is 48.8 Å². The number of nitrogens with two attached hydrogens (primary N) is 1. The fourth-order valence-corrected chi connectivity index (χ4v) is 2.41. The molecule has 1 aromatic rings. The standard InChI is InChI=1S/C13H21NO2/c1-9-8-12(10(2)16-9)13(14)6-5-11-4-3-7-15-11/h8,11,13H,3-7,14H2,1-2H3. The Balaban J connectivity index is 1.87. The maximum absolute atomic E-state index is 6.17. The molecule has 3 nitrogen and oxygen atoms in total. The van der Waals surface area contributed by atoms with E-state index in [2.05, 4.69) is 6.07 Å². The zero-order valence-corrected chi connectivity index (χ0v) is 10.2. The van der Waals surface area contributed by atoms with Gasteiger partial charge in [-0.15, -0.1) is 0 Å². The number of aryl methyl sites for hydroxylation is 2. The normalized spacial score (nSPS) is 22.6. The van der Waals surface area contributed by atoms with Crippen molar-refractivity contribution in [3.63, 3.8) is 0 Å². The molecule has 1 fully saturated rings. The van der Waals surface area contributed by atoms with E-state index in [0.29, 0.717) is 6.10 Å². The van der Waals surface area contributed by atoms with Gasteiger partial charge in [0.25, 0.3) is 0 Å². The molecule has 1 aliphatic heterocycles. The Bertz CT molecular complexity index is 340. The van der Waals surface area contributed by atoms with Gasteiger partial charge in [0.2, 0.25) is 0 Å². The third kappa shape index (κ3) is 2.66. The summed E-state index contributed by atoms with van der Waals surface area (Å²) in [4.78, 5) is 0. The van der Waals surface area contributed by atoms with Crippen molar-refractivity contribution >= 4 is 0 Å². The van der Waals surface area contributed by atoms with Gasteiger partial charge in [0.15, 0.2) is 0 Å². The van der Waals surface area contributed by atoms with Crippen LogP contribution < -0.4 is 5.73 Å². The second-order valence-electron chi connectivity index (χ2n) is 4.69. The van der Waals surface area contributed by atoms with Gasteiger partial charge in [-0.3, -0.25) is 0 Å². The first kappa shape index (κ1) is 11.7. The first-order valence-corrected chi connectivity index (χ1v) is 6.11. The molecule has 2 N–H and O–H groups in total. The average molecular weight is 223 g/mol. The molecule has 1 saturated heterocycles. The Hall–Kier alpha value is -0.800. The number of furan rings is 1. The molecule has 90 valence electrons. The van der Waals surface area contributed by atoms with Crippen LogP contribution in [0.15, 0.2) is 10.5 Å². The lowest BCUT2D eigenvalue weighted by Gasteiger charge is -2.14. The van der Waals surface area contributed by atoms with Crippen LogP contribution in [-0.4, -0.2) is 12.7 Å². The smallest absolute Gasteiger partial charge is 0.105 e. The first-order valence-electron chi connectivity index (χ1n) is 6.11. The Morgan fingerprint density at radius 2 is 2.31 bits per heavy atom. The van der Waals surface area contributed by atoms with Crippen LogP contribution in [0.5, 0.6) is 0 Å². The van der Waals surface area contributed by atoms with Gasteiger partial charge >= 0.3 is 0 Å². The highest BCUT2D eigenvalue weighted by molar-refractivity contribution is 5.23. The summed E-state index contributed by atoms with van der Waals surface area (Å²) < 4.78 is 11.1. The van der Waals surface area contributed by atoms with Gasteiger partial charge in [0, 0.05) is 18.2 Å². The van der Waals surface area contributed by atoms with E-state index in [9.17, 15) is 0 Å². The van der Waals surface area contributed by atoms with Gasteiger partial charge in [-0.2, -0.15) is 0 Å². The van der Waals surface area contributed by atoms with Crippen molar-refractivity contribution in [2.45, 2.75) is 51.7 Å². The Morgan fingerprint density at radius 1 is 1.50 bits per heavy atom. The molecule has 0 spiro atoms. The van der Waals surface area contributed by atoms with Crippen LogP contribution in [0.3, 0.4) is 0 Å². The Morgan fingerprint density at radius 3 is 2.88 bits per heavy atom. The highest BCUT2D eigenvalue weighted by Crippen LogP contribution is 2.26. The van der Waals surface area contributed by atoms with Gasteiger partial charge in [0.1, 0.15) is 11.5 Å². The van der Waals surface area contributed by atoms with Gasteiger partial charge in [0.05, 0.1) is 6.10 Å². The van der Waals surface area contributed by atoms with E-state index in [4.69, 9.17) is 14.9 Å². The van der Waals surface area contributed by atoms with Gasteiger partial charge in [-0.1, -0.05) is 0 Å². The summed E-state index contributed by atoms with van der Waals surface area (Å²) in [6.45, 7) is 4.86. The van der Waals surface area contributed by atoms with E-state index in [1.807, 2.05) is 13.8 Å². The topological polar surface area (TPSA) is 48.4 Å². The second kappa shape index (κ2) is 5.02. The summed E-state index contributed by atoms with van der Waals surface area (Å²) in [5.41, 5.74) is 7.32. The zero-order chi connectivity index (χ0) is 11.5. The maximum Gasteiger partial charge on any atom is 0.105 e. The van der Waals surface area contributed by atoms with Crippen LogP contribution in [-0.2, 0) is 4.74 Å². The average Bonchev–Trinajstić information content (AvgIpc) is 2.84. The molecule has 0 radical (unpaired) electrons. The fourth-order valence-electron chi connectivity index (χ4n) is 2.41. The zero-order valence-electron chi connectivity index (χ0n) is 10.2. The molecule has 16 heavy (non-hydrogen) atoms. The molecule has 0 amide bonds. The third-order valence-electron chi connectivity index (χ3n) is 3.30. The number of rotatable bonds is 4. The van der Waals surface area contributed by atoms with Crippen LogP contribution in [0.4, 0.5) is 0 Å². The maximum atomic E-state index is 6.17. The van der Waals surface area contributed by atoms with Crippen molar-refractivity contribution in [1.82, 2.24) is 0 Å². The molecule has 2 rings (SSSR count). The molecular formula is C13H21NO2. The van der Waals surface area contributed by atoms with Gasteiger partial charge < -0.3 is 14.9 Å². The lowest BCUT2D eigenvalue weighted by molar-refractivity contribution is 0.101. The van der Waals surface area contributed by atoms with E-state index in [0.717, 1.165) is 36.5 Å². The molecule has 1 aliphatic rings. The minimum atomic E-state index is 0.0849. The molecular weight excluding hydrogens is 202 g/mol. The highest BCUT2D eigenvalue weighted by Gasteiger charge is 2.19. The van der Waals surface area contributed by atoms with E-state index >= 15 is 0 Å². The Labute approximate surface area is 97.0 Å². The molecule has 2 atom stereocenters. The quantitative estimate of drug-likeness (QED) is 0.853. The van der Waals surface area contributed by atoms with E-state index in [-0.39, 0.29) is 6.04 Å². The summed E-state index contributed by atoms with van der Waals surface area (Å²) in [5, 5.41) is 0. The van der Waals surface area contributed by atoms with Crippen LogP contribution in [0, 0.1) is 13.8 Å². The lowest BCUT2D eigenvalue weighted by Crippen LogP contribution is -2.14. The predicted molar refractivity (Wildman–Crippen MR) is 63.3 cm³/mol. The molecule has 0 bridgehead atoms. The molecule has 0 saturated carbocycles. The molecule has 2 unspecified atom stereocenters. The minimum Gasteiger partial charge on any atom is -0.466 e. The molecule has 0 aromatic carbocycles. The SMILES string of the molecule is Cc1cc(C(N)CCC2CCCO2)c(C)o1. The monoisotopic (exact) mass is 223 g/mol. The molecule has 1 aromatic heterocycles. The number of hydrogen-bond acceptors (Lipinski definition) is 3. The van der Waals surface area contributed by atoms with E-state index in [1.54, 1.807) is 0 Å². The summed E-state index contributed by atoms with van der Waals surface area (Å²) >= 11 is 0. The van der Waals surface area contributed by atoms with Gasteiger partial charge in [-0.05, 0) is 45.6 Å². The van der Waals surface area contributed by atoms with Crippen LogP contribution >= 0.6 is 0 Å². The summed E-state index contributed by atoms with van der Waals surface area (Å²) in [6.07, 6.45) is 4.86. The summed E-state index contributed by atoms with van der Waals surface area (Å²) in [5.74, 6) is 1.90. The summed E-state index contributed by atoms with van der Waals surface area (Å²) in [6, 6.07) is 2.14.